The summed E-state index contributed by atoms with van der Waals surface area (Å²) >= 11 is 0. The van der Waals surface area contributed by atoms with Gasteiger partial charge in [-0.1, -0.05) is 0 Å². The summed E-state index contributed by atoms with van der Waals surface area (Å²) in [6.45, 7) is 0. The molecule has 0 unspecified atom stereocenters. The maximum absolute atomic E-state index is 13.3. The van der Waals surface area contributed by atoms with Crippen molar-refractivity contribution in [3.8, 4) is 0 Å². The molecule has 1 heterocycles. The molecule has 0 atom stereocenters. The van der Waals surface area contributed by atoms with Gasteiger partial charge in [0.15, 0.2) is 11.6 Å². The highest BCUT2D eigenvalue weighted by molar-refractivity contribution is 7.92. The minimum Gasteiger partial charge on any atom is -0.457 e. The number of anilines is 2. The Labute approximate surface area is 151 Å². The highest BCUT2D eigenvalue weighted by atomic mass is 32.2. The van der Waals surface area contributed by atoms with Gasteiger partial charge in [-0.25, -0.2) is 21.6 Å². The number of hydrogen-bond donors (Lipinski definition) is 2. The Balaban J connectivity index is 1.82. The maximum atomic E-state index is 13.3. The molecule has 140 valence electrons. The third kappa shape index (κ3) is 4.11. The van der Waals surface area contributed by atoms with Crippen LogP contribution in [0.25, 0.3) is 0 Å². The normalized spacial score (nSPS) is 11.2. The second kappa shape index (κ2) is 7.16. The van der Waals surface area contributed by atoms with Crippen LogP contribution in [-0.2, 0) is 10.0 Å². The zero-order valence-corrected chi connectivity index (χ0v) is 14.2. The molecule has 0 radical (unpaired) electrons. The lowest BCUT2D eigenvalue weighted by molar-refractivity contribution is 0.0998. The Kier molecular flexibility index (Phi) is 4.91. The fraction of sp³-hybridized carbons (Fsp3) is 0. The van der Waals surface area contributed by atoms with Gasteiger partial charge >= 0.3 is 0 Å². The van der Waals surface area contributed by atoms with E-state index in [0.29, 0.717) is 12.1 Å². The van der Waals surface area contributed by atoms with Crippen LogP contribution in [0.4, 0.5) is 24.5 Å². The number of nitrogens with one attached hydrogen (secondary N) is 2. The lowest BCUT2D eigenvalue weighted by Crippen LogP contribution is -2.17. The molecule has 0 aliphatic carbocycles. The average molecular weight is 396 g/mol. The predicted octanol–water partition coefficient (Wildman–Crippen LogP) is 3.75. The Morgan fingerprint density at radius 3 is 2.30 bits per heavy atom. The molecule has 10 heteroatoms. The lowest BCUT2D eigenvalue weighted by atomic mass is 10.3. The van der Waals surface area contributed by atoms with E-state index in [9.17, 15) is 26.4 Å². The van der Waals surface area contributed by atoms with E-state index in [-0.39, 0.29) is 17.1 Å². The van der Waals surface area contributed by atoms with Gasteiger partial charge in [-0.05, 0) is 42.5 Å². The Morgan fingerprint density at radius 1 is 0.926 bits per heavy atom. The van der Waals surface area contributed by atoms with Gasteiger partial charge in [-0.2, -0.15) is 0 Å². The molecule has 0 bridgehead atoms. The van der Waals surface area contributed by atoms with Crippen LogP contribution in [0, 0.1) is 17.5 Å². The average Bonchev–Trinajstić information content (AvgIpc) is 3.06. The van der Waals surface area contributed by atoms with Crippen LogP contribution in [0.15, 0.2) is 64.1 Å². The molecule has 3 rings (SSSR count). The van der Waals surface area contributed by atoms with Crippen LogP contribution in [0.3, 0.4) is 0 Å². The van der Waals surface area contributed by atoms with Gasteiger partial charge in [0.05, 0.1) is 11.2 Å². The van der Waals surface area contributed by atoms with Crippen molar-refractivity contribution < 1.29 is 30.8 Å². The molecule has 0 saturated heterocycles. The van der Waals surface area contributed by atoms with Crippen molar-refractivity contribution in [1.29, 1.82) is 0 Å². The fourth-order valence-electron chi connectivity index (χ4n) is 2.13. The minimum absolute atomic E-state index is 0.209. The zero-order chi connectivity index (χ0) is 19.6. The van der Waals surface area contributed by atoms with E-state index in [2.05, 4.69) is 10.0 Å². The topological polar surface area (TPSA) is 88.4 Å². The summed E-state index contributed by atoms with van der Waals surface area (Å²) in [5.74, 6) is -4.19. The number of carbonyl (C=O) groups excluding carboxylic acids is 1. The lowest BCUT2D eigenvalue weighted by Gasteiger charge is -2.09. The van der Waals surface area contributed by atoms with Crippen molar-refractivity contribution in [2.45, 2.75) is 4.90 Å². The third-order valence-electron chi connectivity index (χ3n) is 3.42. The largest absolute Gasteiger partial charge is 0.457 e. The number of rotatable bonds is 5. The van der Waals surface area contributed by atoms with E-state index in [1.165, 1.54) is 18.2 Å². The highest BCUT2D eigenvalue weighted by Crippen LogP contribution is 2.23. The molecule has 0 spiro atoms. The Hall–Kier alpha value is -3.27. The van der Waals surface area contributed by atoms with Crippen molar-refractivity contribution in [2.24, 2.45) is 0 Å². The molecule has 3 aromatic rings. The first-order valence-corrected chi connectivity index (χ1v) is 8.87. The molecule has 1 aromatic heterocycles. The number of halogens is 3. The van der Waals surface area contributed by atoms with Gasteiger partial charge in [-0.3, -0.25) is 9.52 Å². The third-order valence-corrected chi connectivity index (χ3v) is 4.78. The maximum Gasteiger partial charge on any atom is 0.293 e. The van der Waals surface area contributed by atoms with E-state index >= 15 is 0 Å². The Morgan fingerprint density at radius 2 is 1.63 bits per heavy atom. The molecule has 0 aliphatic heterocycles. The second-order valence-corrected chi connectivity index (χ2v) is 6.99. The smallest absolute Gasteiger partial charge is 0.293 e. The molecule has 0 aliphatic rings. The van der Waals surface area contributed by atoms with Crippen LogP contribution in [0.1, 0.15) is 10.6 Å². The number of amides is 1. The molecule has 2 N–H and O–H groups in total. The van der Waals surface area contributed by atoms with E-state index in [0.717, 1.165) is 24.5 Å². The van der Waals surface area contributed by atoms with Gasteiger partial charge in [0.2, 0.25) is 5.76 Å². The summed E-state index contributed by atoms with van der Waals surface area (Å²) in [6, 6.07) is 8.10. The second-order valence-electron chi connectivity index (χ2n) is 5.31. The number of hydrogen-bond acceptors (Lipinski definition) is 4. The van der Waals surface area contributed by atoms with Gasteiger partial charge in [0.1, 0.15) is 11.5 Å². The van der Waals surface area contributed by atoms with Crippen LogP contribution in [-0.4, -0.2) is 14.3 Å². The van der Waals surface area contributed by atoms with Gasteiger partial charge in [-0.15, -0.1) is 0 Å². The summed E-state index contributed by atoms with van der Waals surface area (Å²) in [6.07, 6.45) is 1.07. The summed E-state index contributed by atoms with van der Waals surface area (Å²) in [4.78, 5) is 11.7. The zero-order valence-electron chi connectivity index (χ0n) is 13.4. The van der Waals surface area contributed by atoms with Gasteiger partial charge in [0.25, 0.3) is 15.9 Å². The number of carbonyl (C=O) groups is 1. The van der Waals surface area contributed by atoms with E-state index in [1.54, 1.807) is 0 Å². The molecule has 27 heavy (non-hydrogen) atoms. The summed E-state index contributed by atoms with van der Waals surface area (Å²) in [7, 11) is -4.30. The predicted molar refractivity (Wildman–Crippen MR) is 90.2 cm³/mol. The van der Waals surface area contributed by atoms with Crippen LogP contribution in [0.5, 0.6) is 0 Å². The summed E-state index contributed by atoms with van der Waals surface area (Å²) in [5.41, 5.74) is 0.0477. The molecular weight excluding hydrogens is 385 g/mol. The minimum atomic E-state index is -4.30. The monoisotopic (exact) mass is 396 g/mol. The van der Waals surface area contributed by atoms with Crippen molar-refractivity contribution in [1.82, 2.24) is 0 Å². The molecule has 1 amide bonds. The number of furan rings is 1. The Bertz CT molecular complexity index is 1100. The van der Waals surface area contributed by atoms with E-state index in [4.69, 9.17) is 4.42 Å². The highest BCUT2D eigenvalue weighted by Gasteiger charge is 2.22. The SMILES string of the molecule is O=C(Nc1ccc(F)cc1)c1occc1NS(=O)(=O)c1ccc(F)c(F)c1. The summed E-state index contributed by atoms with van der Waals surface area (Å²) < 4.78 is 70.9. The fourth-order valence-corrected chi connectivity index (χ4v) is 3.21. The van der Waals surface area contributed by atoms with E-state index < -0.39 is 38.3 Å². The number of sulfonamides is 1. The number of benzene rings is 2. The summed E-state index contributed by atoms with van der Waals surface area (Å²) in [5, 5.41) is 2.41. The van der Waals surface area contributed by atoms with Gasteiger partial charge < -0.3 is 9.73 Å². The van der Waals surface area contributed by atoms with Crippen molar-refractivity contribution >= 4 is 27.3 Å². The first kappa shape index (κ1) is 18.5. The molecule has 0 saturated carbocycles. The van der Waals surface area contributed by atoms with Crippen LogP contribution in [0.2, 0.25) is 0 Å². The first-order valence-electron chi connectivity index (χ1n) is 7.38. The van der Waals surface area contributed by atoms with Crippen LogP contribution < -0.4 is 10.0 Å². The van der Waals surface area contributed by atoms with E-state index in [1.807, 2.05) is 0 Å². The van der Waals surface area contributed by atoms with Crippen molar-refractivity contribution in [3.05, 3.63) is 78.0 Å². The van der Waals surface area contributed by atoms with Crippen LogP contribution >= 0.6 is 0 Å². The van der Waals surface area contributed by atoms with Crippen molar-refractivity contribution in [2.75, 3.05) is 10.0 Å². The first-order chi connectivity index (χ1) is 12.8. The van der Waals surface area contributed by atoms with Gasteiger partial charge in [0, 0.05) is 11.8 Å². The van der Waals surface area contributed by atoms with Crippen molar-refractivity contribution in [3.63, 3.8) is 0 Å². The molecular formula is C17H11F3N2O4S. The quantitative estimate of drug-likeness (QED) is 0.688. The molecule has 0 fully saturated rings. The molecule has 2 aromatic carbocycles. The standard InChI is InChI=1S/C17H11F3N2O4S/c18-10-1-3-11(4-2-10)21-17(23)16-15(7-8-26-16)22-27(24,25)12-5-6-13(19)14(20)9-12/h1-9,22H,(H,21,23). The molecule has 6 nitrogen and oxygen atoms in total.